The van der Waals surface area contributed by atoms with Crippen molar-refractivity contribution in [2.75, 3.05) is 6.54 Å². The summed E-state index contributed by atoms with van der Waals surface area (Å²) in [5.41, 5.74) is 0.436. The third-order valence-corrected chi connectivity index (χ3v) is 4.12. The van der Waals surface area contributed by atoms with Gasteiger partial charge in [-0.1, -0.05) is 0 Å². The van der Waals surface area contributed by atoms with Gasteiger partial charge in [-0.2, -0.15) is 0 Å². The van der Waals surface area contributed by atoms with E-state index in [2.05, 4.69) is 49.9 Å². The van der Waals surface area contributed by atoms with Crippen molar-refractivity contribution in [1.29, 1.82) is 0 Å². The van der Waals surface area contributed by atoms with E-state index in [0.29, 0.717) is 5.54 Å². The van der Waals surface area contributed by atoms with Crippen LogP contribution in [0.2, 0.25) is 0 Å². The predicted octanol–water partition coefficient (Wildman–Crippen LogP) is 2.74. The molecule has 1 nitrogen and oxygen atoms in total. The molecule has 11 heavy (non-hydrogen) atoms. The van der Waals surface area contributed by atoms with Gasteiger partial charge < -0.3 is 0 Å². The summed E-state index contributed by atoms with van der Waals surface area (Å²) in [5.74, 6) is 0. The van der Waals surface area contributed by atoms with E-state index in [9.17, 15) is 0 Å². The number of hydrogen-bond acceptors (Lipinski definition) is 1. The molecule has 0 amide bonds. The van der Waals surface area contributed by atoms with Crippen LogP contribution in [0.3, 0.4) is 0 Å². The van der Waals surface area contributed by atoms with Gasteiger partial charge in [0, 0.05) is 0 Å². The molecule has 0 unspecified atom stereocenters. The van der Waals surface area contributed by atoms with Crippen molar-refractivity contribution < 1.29 is 18.5 Å². The van der Waals surface area contributed by atoms with E-state index in [-0.39, 0.29) is 0 Å². The average molecular weight is 243 g/mol. The second-order valence-electron chi connectivity index (χ2n) is 2.95. The van der Waals surface area contributed by atoms with Crippen LogP contribution in [0.15, 0.2) is 0 Å². The summed E-state index contributed by atoms with van der Waals surface area (Å²) in [4.78, 5) is 0. The summed E-state index contributed by atoms with van der Waals surface area (Å²) >= 11 is 2.75. The zero-order chi connectivity index (χ0) is 8.91. The molecule has 0 N–H and O–H groups in total. The Morgan fingerprint density at radius 3 is 1.45 bits per heavy atom. The Labute approximate surface area is 81.5 Å². The van der Waals surface area contributed by atoms with Crippen molar-refractivity contribution in [3.05, 3.63) is 0 Å². The summed E-state index contributed by atoms with van der Waals surface area (Å²) in [6.07, 6.45) is 3.75. The zero-order valence-corrected chi connectivity index (χ0v) is 9.87. The molecule has 0 aromatic heterocycles. The van der Waals surface area contributed by atoms with Crippen molar-refractivity contribution in [1.82, 2.24) is 3.64 Å². The fourth-order valence-electron chi connectivity index (χ4n) is 1.59. The van der Waals surface area contributed by atoms with Gasteiger partial charge in [-0.3, -0.25) is 0 Å². The molecule has 0 rings (SSSR count). The first kappa shape index (κ1) is 11.6. The van der Waals surface area contributed by atoms with Crippen LogP contribution in [0.25, 0.3) is 0 Å². The van der Waals surface area contributed by atoms with Crippen LogP contribution in [0.1, 0.15) is 47.0 Å². The Kier molecular flexibility index (Phi) is 5.55. The molecule has 0 saturated carbocycles. The molecule has 0 radical (unpaired) electrons. The van der Waals surface area contributed by atoms with E-state index in [1.807, 2.05) is 0 Å². The van der Waals surface area contributed by atoms with E-state index in [0.717, 1.165) is 6.54 Å². The first-order valence-corrected chi connectivity index (χ1v) is 5.36. The number of hydrogen-bond donors (Lipinski definition) is 0. The summed E-state index contributed by atoms with van der Waals surface area (Å²) in [6.45, 7) is 10.2. The Bertz CT molecular complexity index is 91.5. The maximum atomic E-state index is 2.75. The molecule has 0 saturated heterocycles. The second-order valence-corrected chi connectivity index (χ2v) is 3.89. The molecule has 0 atom stereocenters. The Hall–Kier alpha value is 0.583. The summed E-state index contributed by atoms with van der Waals surface area (Å²) in [6, 6.07) is 0. The normalized spacial score (nSPS) is 12.5. The molecule has 0 bridgehead atoms. The topological polar surface area (TPSA) is 3.24 Å². The minimum atomic E-state index is 0.436. The van der Waals surface area contributed by atoms with Gasteiger partial charge in [0.2, 0.25) is 0 Å². The fourth-order valence-corrected chi connectivity index (χ4v) is 2.41. The SMILES string of the molecule is CC[N]([Ru])C(CC)(CC)CC. The van der Waals surface area contributed by atoms with Gasteiger partial charge in [-0.05, 0) is 0 Å². The van der Waals surface area contributed by atoms with Gasteiger partial charge in [0.05, 0.1) is 0 Å². The molecule has 0 heterocycles. The van der Waals surface area contributed by atoms with Crippen molar-refractivity contribution in [2.45, 2.75) is 52.5 Å². The first-order valence-electron chi connectivity index (χ1n) is 4.59. The molecule has 0 aliphatic rings. The molecule has 0 spiro atoms. The fraction of sp³-hybridized carbons (Fsp3) is 1.00. The van der Waals surface area contributed by atoms with Crippen LogP contribution in [0.4, 0.5) is 0 Å². The summed E-state index contributed by atoms with van der Waals surface area (Å²) in [5, 5.41) is 0. The van der Waals surface area contributed by atoms with Crippen LogP contribution >= 0.6 is 0 Å². The van der Waals surface area contributed by atoms with Crippen molar-refractivity contribution in [3.63, 3.8) is 0 Å². The van der Waals surface area contributed by atoms with Crippen LogP contribution in [-0.4, -0.2) is 15.7 Å². The number of nitrogens with zero attached hydrogens (tertiary/aromatic N) is 1. The molecule has 0 aromatic carbocycles. The van der Waals surface area contributed by atoms with E-state index in [4.69, 9.17) is 0 Å². The van der Waals surface area contributed by atoms with Crippen molar-refractivity contribution >= 4 is 0 Å². The Morgan fingerprint density at radius 1 is 1.00 bits per heavy atom. The number of rotatable bonds is 5. The first-order chi connectivity index (χ1) is 5.16. The van der Waals surface area contributed by atoms with E-state index < -0.39 is 0 Å². The van der Waals surface area contributed by atoms with Gasteiger partial charge in [0.15, 0.2) is 0 Å². The Morgan fingerprint density at radius 2 is 1.36 bits per heavy atom. The minimum absolute atomic E-state index is 0.436. The molecule has 0 aliphatic heterocycles. The van der Waals surface area contributed by atoms with Gasteiger partial charge >= 0.3 is 81.2 Å². The van der Waals surface area contributed by atoms with Gasteiger partial charge in [-0.15, -0.1) is 0 Å². The van der Waals surface area contributed by atoms with Crippen molar-refractivity contribution in [3.8, 4) is 0 Å². The van der Waals surface area contributed by atoms with Crippen LogP contribution in [-0.2, 0) is 18.5 Å². The van der Waals surface area contributed by atoms with Crippen LogP contribution in [0.5, 0.6) is 0 Å². The molecule has 0 aromatic rings. The quantitative estimate of drug-likeness (QED) is 0.671. The second kappa shape index (κ2) is 5.27. The van der Waals surface area contributed by atoms with Crippen LogP contribution < -0.4 is 0 Å². The third kappa shape index (κ3) is 2.52. The van der Waals surface area contributed by atoms with E-state index >= 15 is 0 Å². The average Bonchev–Trinajstić information content (AvgIpc) is 2.08. The van der Waals surface area contributed by atoms with E-state index in [1.165, 1.54) is 19.3 Å². The molecule has 69 valence electrons. The summed E-state index contributed by atoms with van der Waals surface area (Å²) in [7, 11) is 0. The van der Waals surface area contributed by atoms with Gasteiger partial charge in [0.25, 0.3) is 0 Å². The van der Waals surface area contributed by atoms with Gasteiger partial charge in [-0.25, -0.2) is 0 Å². The molecule has 0 fully saturated rings. The monoisotopic (exact) mass is 244 g/mol. The standard InChI is InChI=1S/C9H20N.Ru/c1-5-9(6-2,7-3)10-8-4;/h5-8H2,1-4H3;/q-1;+1. The third-order valence-electron chi connectivity index (χ3n) is 2.75. The van der Waals surface area contributed by atoms with Crippen molar-refractivity contribution in [2.24, 2.45) is 0 Å². The molecular weight excluding hydrogens is 223 g/mol. The molecule has 0 aliphatic carbocycles. The van der Waals surface area contributed by atoms with Gasteiger partial charge in [0.1, 0.15) is 0 Å². The van der Waals surface area contributed by atoms with Crippen LogP contribution in [0, 0.1) is 0 Å². The predicted molar refractivity (Wildman–Crippen MR) is 46.0 cm³/mol. The molecule has 2 heteroatoms. The van der Waals surface area contributed by atoms with E-state index in [1.54, 1.807) is 0 Å². The Balaban J connectivity index is 4.26. The summed E-state index contributed by atoms with van der Waals surface area (Å²) < 4.78 is 2.41. The zero-order valence-electron chi connectivity index (χ0n) is 8.13. The maximum absolute atomic E-state index is 2.75. The molecular formula is C9H20NRu.